The molecule has 2 aromatic rings. The highest BCUT2D eigenvalue weighted by atomic mass is 15.0. The molecule has 0 radical (unpaired) electrons. The molecule has 16 heavy (non-hydrogen) atoms. The molecule has 1 aliphatic rings. The molecule has 0 spiro atoms. The van der Waals surface area contributed by atoms with Crippen LogP contribution >= 0.6 is 0 Å². The van der Waals surface area contributed by atoms with Crippen molar-refractivity contribution in [3.8, 4) is 11.1 Å². The Bertz CT molecular complexity index is 532. The van der Waals surface area contributed by atoms with Crippen molar-refractivity contribution >= 4 is 5.82 Å². The van der Waals surface area contributed by atoms with Gasteiger partial charge < -0.3 is 5.32 Å². The number of benzene rings is 1. The lowest BCUT2D eigenvalue weighted by molar-refractivity contribution is 1.11. The van der Waals surface area contributed by atoms with Gasteiger partial charge in [0.1, 0.15) is 5.82 Å². The third-order valence-corrected chi connectivity index (χ3v) is 3.11. The highest BCUT2D eigenvalue weighted by molar-refractivity contribution is 5.69. The topological polar surface area (TPSA) is 24.9 Å². The van der Waals surface area contributed by atoms with Crippen LogP contribution in [0.5, 0.6) is 0 Å². The summed E-state index contributed by atoms with van der Waals surface area (Å²) in [5.41, 5.74) is 5.14. The van der Waals surface area contributed by atoms with E-state index in [0.29, 0.717) is 0 Å². The molecule has 80 valence electrons. The van der Waals surface area contributed by atoms with Crippen molar-refractivity contribution in [1.82, 2.24) is 4.98 Å². The van der Waals surface area contributed by atoms with Crippen LogP contribution in [0.3, 0.4) is 0 Å². The van der Waals surface area contributed by atoms with Crippen LogP contribution in [0, 0.1) is 6.92 Å². The highest BCUT2D eigenvalue weighted by Gasteiger charge is 2.12. The molecule has 0 atom stereocenters. The molecule has 0 saturated heterocycles. The minimum Gasteiger partial charge on any atom is -0.370 e. The maximum absolute atomic E-state index is 4.47. The van der Waals surface area contributed by atoms with Crippen LogP contribution in [-0.2, 0) is 6.42 Å². The summed E-state index contributed by atoms with van der Waals surface area (Å²) in [6.07, 6.45) is 3.04. The standard InChI is InChI=1S/C14H14N2/c1-10-4-2-3-5-13(10)12-8-11-6-7-15-14(11)16-9-12/h2-5,8-9H,6-7H2,1H3,(H,15,16). The van der Waals surface area contributed by atoms with Crippen molar-refractivity contribution in [1.29, 1.82) is 0 Å². The number of pyridine rings is 1. The molecule has 2 nitrogen and oxygen atoms in total. The summed E-state index contributed by atoms with van der Waals surface area (Å²) in [5, 5.41) is 3.28. The van der Waals surface area contributed by atoms with Gasteiger partial charge in [0.05, 0.1) is 0 Å². The first-order valence-electron chi connectivity index (χ1n) is 5.63. The summed E-state index contributed by atoms with van der Waals surface area (Å²) < 4.78 is 0. The maximum atomic E-state index is 4.47. The molecule has 3 rings (SSSR count). The Hall–Kier alpha value is -1.83. The summed E-state index contributed by atoms with van der Waals surface area (Å²) in [6.45, 7) is 3.15. The summed E-state index contributed by atoms with van der Waals surface area (Å²) in [6, 6.07) is 10.7. The van der Waals surface area contributed by atoms with E-state index < -0.39 is 0 Å². The average molecular weight is 210 g/mol. The molecule has 1 aliphatic heterocycles. The number of fused-ring (bicyclic) bond motifs is 1. The lowest BCUT2D eigenvalue weighted by Gasteiger charge is -2.07. The van der Waals surface area contributed by atoms with Crippen LogP contribution in [-0.4, -0.2) is 11.5 Å². The van der Waals surface area contributed by atoms with Gasteiger partial charge in [-0.2, -0.15) is 0 Å². The van der Waals surface area contributed by atoms with Crippen LogP contribution in [0.4, 0.5) is 5.82 Å². The van der Waals surface area contributed by atoms with Crippen LogP contribution in [0.1, 0.15) is 11.1 Å². The second-order valence-electron chi connectivity index (χ2n) is 4.22. The van der Waals surface area contributed by atoms with E-state index in [9.17, 15) is 0 Å². The Morgan fingerprint density at radius 2 is 2.12 bits per heavy atom. The van der Waals surface area contributed by atoms with Crippen LogP contribution < -0.4 is 5.32 Å². The largest absolute Gasteiger partial charge is 0.370 e. The molecular formula is C14H14N2. The van der Waals surface area contributed by atoms with E-state index in [0.717, 1.165) is 18.8 Å². The summed E-state index contributed by atoms with van der Waals surface area (Å²) in [7, 11) is 0. The number of hydrogen-bond acceptors (Lipinski definition) is 2. The molecule has 2 heterocycles. The van der Waals surface area contributed by atoms with E-state index in [1.807, 2.05) is 6.20 Å². The number of nitrogens with zero attached hydrogens (tertiary/aromatic N) is 1. The Balaban J connectivity index is 2.11. The molecule has 1 aromatic heterocycles. The zero-order valence-electron chi connectivity index (χ0n) is 9.33. The third-order valence-electron chi connectivity index (χ3n) is 3.11. The molecule has 1 N–H and O–H groups in total. The van der Waals surface area contributed by atoms with E-state index in [1.54, 1.807) is 0 Å². The molecule has 0 fully saturated rings. The molecule has 0 aliphatic carbocycles. The lowest BCUT2D eigenvalue weighted by Crippen LogP contribution is -1.92. The van der Waals surface area contributed by atoms with Gasteiger partial charge >= 0.3 is 0 Å². The Morgan fingerprint density at radius 1 is 1.25 bits per heavy atom. The Morgan fingerprint density at radius 3 is 3.00 bits per heavy atom. The molecule has 0 saturated carbocycles. The Kier molecular flexibility index (Phi) is 2.13. The van der Waals surface area contributed by atoms with E-state index in [4.69, 9.17) is 0 Å². The number of aryl methyl sites for hydroxylation is 1. The fraction of sp³-hybridized carbons (Fsp3) is 0.214. The quantitative estimate of drug-likeness (QED) is 0.782. The summed E-state index contributed by atoms with van der Waals surface area (Å²) in [4.78, 5) is 4.47. The van der Waals surface area contributed by atoms with Crippen molar-refractivity contribution in [3.63, 3.8) is 0 Å². The van der Waals surface area contributed by atoms with Crippen LogP contribution in [0.25, 0.3) is 11.1 Å². The highest BCUT2D eigenvalue weighted by Crippen LogP contribution is 2.27. The number of nitrogens with one attached hydrogen (secondary N) is 1. The van der Waals surface area contributed by atoms with Crippen molar-refractivity contribution in [3.05, 3.63) is 47.7 Å². The van der Waals surface area contributed by atoms with Crippen molar-refractivity contribution in [2.45, 2.75) is 13.3 Å². The second-order valence-corrected chi connectivity index (χ2v) is 4.22. The van der Waals surface area contributed by atoms with Gasteiger partial charge in [0.15, 0.2) is 0 Å². The van der Waals surface area contributed by atoms with E-state index in [1.165, 1.54) is 22.3 Å². The van der Waals surface area contributed by atoms with Gasteiger partial charge in [-0.1, -0.05) is 24.3 Å². The van der Waals surface area contributed by atoms with E-state index >= 15 is 0 Å². The van der Waals surface area contributed by atoms with Crippen LogP contribution in [0.2, 0.25) is 0 Å². The number of hydrogen-bond donors (Lipinski definition) is 1. The third kappa shape index (κ3) is 1.47. The molecular weight excluding hydrogens is 196 g/mol. The number of aromatic nitrogens is 1. The summed E-state index contributed by atoms with van der Waals surface area (Å²) in [5.74, 6) is 1.05. The molecule has 0 unspecified atom stereocenters. The zero-order chi connectivity index (χ0) is 11.0. The van der Waals surface area contributed by atoms with Gasteiger partial charge in [0.25, 0.3) is 0 Å². The van der Waals surface area contributed by atoms with Crippen molar-refractivity contribution in [2.24, 2.45) is 0 Å². The molecule has 2 heteroatoms. The smallest absolute Gasteiger partial charge is 0.129 e. The van der Waals surface area contributed by atoms with E-state index in [2.05, 4.69) is 47.6 Å². The van der Waals surface area contributed by atoms with Gasteiger partial charge in [-0.05, 0) is 36.1 Å². The minimum atomic E-state index is 1.01. The van der Waals surface area contributed by atoms with Crippen molar-refractivity contribution in [2.75, 3.05) is 11.9 Å². The molecule has 1 aromatic carbocycles. The SMILES string of the molecule is Cc1ccccc1-c1cnc2c(c1)CCN2. The first-order chi connectivity index (χ1) is 7.84. The Labute approximate surface area is 95.3 Å². The summed E-state index contributed by atoms with van der Waals surface area (Å²) >= 11 is 0. The maximum Gasteiger partial charge on any atom is 0.129 e. The minimum absolute atomic E-state index is 1.01. The second kappa shape index (κ2) is 3.63. The predicted octanol–water partition coefficient (Wildman–Crippen LogP) is 3.03. The number of rotatable bonds is 1. The van der Waals surface area contributed by atoms with Gasteiger partial charge in [0.2, 0.25) is 0 Å². The molecule has 0 bridgehead atoms. The van der Waals surface area contributed by atoms with E-state index in [-0.39, 0.29) is 0 Å². The monoisotopic (exact) mass is 210 g/mol. The fourth-order valence-corrected chi connectivity index (χ4v) is 2.22. The van der Waals surface area contributed by atoms with Crippen molar-refractivity contribution < 1.29 is 0 Å². The predicted molar refractivity (Wildman–Crippen MR) is 66.6 cm³/mol. The molecule has 0 amide bonds. The lowest BCUT2D eigenvalue weighted by atomic mass is 10.0. The van der Waals surface area contributed by atoms with Gasteiger partial charge in [-0.15, -0.1) is 0 Å². The normalized spacial score (nSPS) is 13.3. The fourth-order valence-electron chi connectivity index (χ4n) is 2.22. The first-order valence-corrected chi connectivity index (χ1v) is 5.63. The van der Waals surface area contributed by atoms with Gasteiger partial charge in [0, 0.05) is 18.3 Å². The van der Waals surface area contributed by atoms with Crippen LogP contribution in [0.15, 0.2) is 36.5 Å². The average Bonchev–Trinajstić information content (AvgIpc) is 2.76. The first kappa shape index (κ1) is 9.40. The van der Waals surface area contributed by atoms with Gasteiger partial charge in [-0.25, -0.2) is 4.98 Å². The number of anilines is 1. The van der Waals surface area contributed by atoms with Gasteiger partial charge in [-0.3, -0.25) is 0 Å². The zero-order valence-corrected chi connectivity index (χ0v) is 9.33.